The predicted octanol–water partition coefficient (Wildman–Crippen LogP) is 3.63. The second-order valence-corrected chi connectivity index (χ2v) is 11.6. The van der Waals surface area contributed by atoms with E-state index in [2.05, 4.69) is 65.6 Å². The number of carbonyl (C=O) groups is 2. The van der Waals surface area contributed by atoms with Crippen LogP contribution in [-0.2, 0) is 16.0 Å². The van der Waals surface area contributed by atoms with Gasteiger partial charge in [0.05, 0.1) is 16.9 Å². The van der Waals surface area contributed by atoms with Crippen LogP contribution in [0.2, 0.25) is 0 Å². The summed E-state index contributed by atoms with van der Waals surface area (Å²) in [5.74, 6) is -0.407. The number of amides is 2. The predicted molar refractivity (Wildman–Crippen MR) is 158 cm³/mol. The molecule has 1 aromatic carbocycles. The molecule has 1 aromatic rings. The van der Waals surface area contributed by atoms with E-state index in [0.29, 0.717) is 35.8 Å². The monoisotopic (exact) mass is 542 g/mol. The third-order valence-electron chi connectivity index (χ3n) is 6.36. The van der Waals surface area contributed by atoms with Gasteiger partial charge < -0.3 is 25.3 Å². The van der Waals surface area contributed by atoms with Gasteiger partial charge in [-0.3, -0.25) is 9.59 Å². The molecule has 210 valence electrons. The van der Waals surface area contributed by atoms with Crippen molar-refractivity contribution < 1.29 is 9.59 Å². The lowest BCUT2D eigenvalue weighted by atomic mass is 10.1. The maximum absolute atomic E-state index is 11.9. The Bertz CT molecular complexity index is 949. The van der Waals surface area contributed by atoms with Gasteiger partial charge in [-0.1, -0.05) is 37.7 Å². The van der Waals surface area contributed by atoms with Gasteiger partial charge in [0.15, 0.2) is 0 Å². The van der Waals surface area contributed by atoms with E-state index in [-0.39, 0.29) is 11.8 Å². The number of likely N-dealkylation sites (N-methyl/N-ethyl adjacent to an activating group) is 1. The molecule has 0 saturated carbocycles. The highest BCUT2D eigenvalue weighted by atomic mass is 32.2. The Labute approximate surface area is 233 Å². The molecule has 2 heterocycles. The highest BCUT2D eigenvalue weighted by molar-refractivity contribution is 8.04. The number of carbonyl (C=O) groups excluding carboxylic acids is 2. The lowest BCUT2D eigenvalue weighted by molar-refractivity contribution is -0.125. The fourth-order valence-electron chi connectivity index (χ4n) is 4.07. The van der Waals surface area contributed by atoms with Crippen LogP contribution in [0.25, 0.3) is 0 Å². The molecule has 0 bridgehead atoms. The topological polar surface area (TPSA) is 91.7 Å². The van der Waals surface area contributed by atoms with Crippen LogP contribution in [0.3, 0.4) is 0 Å². The number of thioether (sulfide) groups is 1. The standard InChI is InChI=1S/C16H27N3.C13H19N3O2S/c1-14(2)17-16-6-4-15(5-7-16)8-9-19-12-10-18(3)11-13-19;1-4-16-11(17)8-19-12(16)5-10(6-14)13(18)15-7-9(2)3/h4-7,14,17H,8-13H2,1-3H3;5,9-10H,4,7-8H2,1-3H3,(H,15,18). The summed E-state index contributed by atoms with van der Waals surface area (Å²) in [5.41, 5.74) is 2.66. The average molecular weight is 543 g/mol. The summed E-state index contributed by atoms with van der Waals surface area (Å²) >= 11 is 1.38. The number of rotatable bonds is 10. The molecule has 8 nitrogen and oxygen atoms in total. The molecule has 0 aliphatic carbocycles. The maximum atomic E-state index is 11.9. The highest BCUT2D eigenvalue weighted by Crippen LogP contribution is 2.29. The number of nitriles is 1. The second-order valence-electron chi connectivity index (χ2n) is 10.6. The molecule has 9 heteroatoms. The number of benzene rings is 1. The Morgan fingerprint density at radius 2 is 1.79 bits per heavy atom. The van der Waals surface area contributed by atoms with Crippen molar-refractivity contribution in [2.75, 3.05) is 63.9 Å². The molecule has 1 unspecified atom stereocenters. The largest absolute Gasteiger partial charge is 0.383 e. The fraction of sp³-hybridized carbons (Fsp3) is 0.621. The van der Waals surface area contributed by atoms with E-state index in [1.54, 1.807) is 11.0 Å². The van der Waals surface area contributed by atoms with Crippen LogP contribution in [0.15, 0.2) is 35.4 Å². The Kier molecular flexibility index (Phi) is 13.7. The van der Waals surface area contributed by atoms with Crippen LogP contribution < -0.4 is 10.6 Å². The number of piperazine rings is 1. The number of anilines is 1. The van der Waals surface area contributed by atoms with Gasteiger partial charge >= 0.3 is 0 Å². The lowest BCUT2D eigenvalue weighted by Gasteiger charge is -2.32. The van der Waals surface area contributed by atoms with E-state index in [1.165, 1.54) is 55.7 Å². The van der Waals surface area contributed by atoms with Gasteiger partial charge in [-0.2, -0.15) is 5.26 Å². The first-order valence-corrected chi connectivity index (χ1v) is 14.7. The molecule has 38 heavy (non-hydrogen) atoms. The first kappa shape index (κ1) is 31.7. The minimum absolute atomic E-state index is 0.0260. The molecule has 2 amide bonds. The van der Waals surface area contributed by atoms with Crippen LogP contribution >= 0.6 is 11.8 Å². The average Bonchev–Trinajstić information content (AvgIpc) is 3.25. The third-order valence-corrected chi connectivity index (χ3v) is 7.41. The number of nitrogens with one attached hydrogen (secondary N) is 2. The van der Waals surface area contributed by atoms with Crippen molar-refractivity contribution in [2.24, 2.45) is 11.8 Å². The summed E-state index contributed by atoms with van der Waals surface area (Å²) < 4.78 is 0. The molecule has 3 rings (SSSR count). The van der Waals surface area contributed by atoms with Gasteiger partial charge in [-0.25, -0.2) is 0 Å². The molecular weight excluding hydrogens is 496 g/mol. The summed E-state index contributed by atoms with van der Waals surface area (Å²) in [5, 5.41) is 15.9. The summed E-state index contributed by atoms with van der Waals surface area (Å²) in [7, 11) is 2.21. The van der Waals surface area contributed by atoms with E-state index in [0.717, 1.165) is 6.42 Å². The van der Waals surface area contributed by atoms with Gasteiger partial charge in [-0.05, 0) is 63.9 Å². The van der Waals surface area contributed by atoms with Crippen molar-refractivity contribution in [3.63, 3.8) is 0 Å². The van der Waals surface area contributed by atoms with Crippen molar-refractivity contribution in [3.8, 4) is 6.07 Å². The van der Waals surface area contributed by atoms with Gasteiger partial charge in [0.1, 0.15) is 5.92 Å². The molecule has 2 aliphatic heterocycles. The van der Waals surface area contributed by atoms with Gasteiger partial charge in [0, 0.05) is 57.5 Å². The Morgan fingerprint density at radius 1 is 1.13 bits per heavy atom. The molecule has 2 N–H and O–H groups in total. The Morgan fingerprint density at radius 3 is 2.34 bits per heavy atom. The zero-order valence-corrected chi connectivity index (χ0v) is 24.8. The molecule has 2 fully saturated rings. The van der Waals surface area contributed by atoms with Crippen LogP contribution in [0.4, 0.5) is 5.69 Å². The number of hydrogen-bond acceptors (Lipinski definition) is 7. The molecule has 2 aliphatic rings. The van der Waals surface area contributed by atoms with Crippen LogP contribution in [0, 0.1) is 23.2 Å². The zero-order chi connectivity index (χ0) is 28.1. The van der Waals surface area contributed by atoms with E-state index < -0.39 is 5.92 Å². The lowest BCUT2D eigenvalue weighted by Crippen LogP contribution is -2.45. The summed E-state index contributed by atoms with van der Waals surface area (Å²) in [6.07, 6.45) is 2.74. The number of hydrogen-bond donors (Lipinski definition) is 2. The maximum Gasteiger partial charge on any atom is 0.241 e. The van der Waals surface area contributed by atoms with Gasteiger partial charge in [0.2, 0.25) is 11.8 Å². The summed E-state index contributed by atoms with van der Waals surface area (Å²) in [6.45, 7) is 17.3. The van der Waals surface area contributed by atoms with Crippen LogP contribution in [-0.4, -0.2) is 91.2 Å². The quantitative estimate of drug-likeness (QED) is 0.467. The van der Waals surface area contributed by atoms with Crippen LogP contribution in [0.1, 0.15) is 40.2 Å². The fourth-order valence-corrected chi connectivity index (χ4v) is 5.12. The van der Waals surface area contributed by atoms with Gasteiger partial charge in [-0.15, -0.1) is 0 Å². The summed E-state index contributed by atoms with van der Waals surface area (Å²) in [6, 6.07) is 11.4. The molecule has 0 radical (unpaired) electrons. The Balaban J connectivity index is 0.000000267. The van der Waals surface area contributed by atoms with Crippen molar-refractivity contribution in [1.29, 1.82) is 5.26 Å². The van der Waals surface area contributed by atoms with Crippen molar-refractivity contribution >= 4 is 29.3 Å². The van der Waals surface area contributed by atoms with Crippen molar-refractivity contribution in [2.45, 2.75) is 47.1 Å². The minimum atomic E-state index is -0.846. The van der Waals surface area contributed by atoms with Crippen molar-refractivity contribution in [1.82, 2.24) is 20.0 Å². The van der Waals surface area contributed by atoms with E-state index >= 15 is 0 Å². The Hall–Kier alpha value is -2.54. The van der Waals surface area contributed by atoms with E-state index in [9.17, 15) is 9.59 Å². The SMILES string of the molecule is CC(C)Nc1ccc(CCN2CCN(C)CC2)cc1.CCN1C(=O)CSC1=CC(C#N)C(=O)NCC(C)C. The normalized spacial score (nSPS) is 18.3. The van der Waals surface area contributed by atoms with Gasteiger partial charge in [0.25, 0.3) is 0 Å². The minimum Gasteiger partial charge on any atom is -0.383 e. The van der Waals surface area contributed by atoms with E-state index in [4.69, 9.17) is 5.26 Å². The smallest absolute Gasteiger partial charge is 0.241 e. The molecule has 0 spiro atoms. The highest BCUT2D eigenvalue weighted by Gasteiger charge is 2.27. The van der Waals surface area contributed by atoms with Crippen LogP contribution in [0.5, 0.6) is 0 Å². The summed E-state index contributed by atoms with van der Waals surface area (Å²) in [4.78, 5) is 30.0. The molecular formula is C29H46N6O2S. The first-order chi connectivity index (χ1) is 18.1. The third kappa shape index (κ3) is 11.1. The second kappa shape index (κ2) is 16.4. The first-order valence-electron chi connectivity index (χ1n) is 13.7. The van der Waals surface area contributed by atoms with Crippen molar-refractivity contribution in [3.05, 3.63) is 40.9 Å². The molecule has 0 aromatic heterocycles. The zero-order valence-electron chi connectivity index (χ0n) is 24.0. The molecule has 2 saturated heterocycles. The molecule has 1 atom stereocenters. The number of nitrogens with zero attached hydrogens (tertiary/aromatic N) is 4. The van der Waals surface area contributed by atoms with E-state index in [1.807, 2.05) is 26.8 Å².